The molecule has 0 radical (unpaired) electrons. The van der Waals surface area contributed by atoms with Gasteiger partial charge in [-0.15, -0.1) is 11.3 Å². The van der Waals surface area contributed by atoms with Crippen molar-refractivity contribution in [3.8, 4) is 11.3 Å². The fraction of sp³-hybridized carbons (Fsp3) is 0.308. The van der Waals surface area contributed by atoms with E-state index in [1.54, 1.807) is 11.3 Å². The summed E-state index contributed by atoms with van der Waals surface area (Å²) in [7, 11) is -1.72. The van der Waals surface area contributed by atoms with Crippen LogP contribution in [0.1, 0.15) is 5.01 Å². The number of benzene rings is 1. The van der Waals surface area contributed by atoms with Crippen molar-refractivity contribution in [2.75, 3.05) is 19.3 Å². The molecule has 0 fully saturated rings. The first kappa shape index (κ1) is 15.1. The number of thiazole rings is 1. The van der Waals surface area contributed by atoms with Crippen LogP contribution in [0.2, 0.25) is 0 Å². The number of nitrogens with one attached hydrogen (secondary N) is 2. The Labute approximate surface area is 123 Å². The maximum atomic E-state index is 11.2. The van der Waals surface area contributed by atoms with Crippen LogP contribution < -0.4 is 10.0 Å². The molecular weight excluding hydrogens is 294 g/mol. The lowest BCUT2D eigenvalue weighted by Gasteiger charge is -2.03. The first-order valence-electron chi connectivity index (χ1n) is 6.22. The van der Waals surface area contributed by atoms with Gasteiger partial charge in [0.2, 0.25) is 10.0 Å². The third kappa shape index (κ3) is 4.38. The topological polar surface area (TPSA) is 71.1 Å². The molecule has 0 saturated carbocycles. The van der Waals surface area contributed by atoms with Gasteiger partial charge in [0.1, 0.15) is 5.01 Å². The van der Waals surface area contributed by atoms with E-state index in [4.69, 9.17) is 0 Å². The Bertz CT molecular complexity index is 639. The fourth-order valence-corrected chi connectivity index (χ4v) is 3.03. The SMILES string of the molecule is CNS(=O)(=O)CCNCc1nc(-c2ccccc2)cs1. The first-order chi connectivity index (χ1) is 9.61. The molecule has 2 rings (SSSR count). The summed E-state index contributed by atoms with van der Waals surface area (Å²) in [5, 5.41) is 6.05. The van der Waals surface area contributed by atoms with Gasteiger partial charge >= 0.3 is 0 Å². The van der Waals surface area contributed by atoms with Crippen LogP contribution in [0.15, 0.2) is 35.7 Å². The predicted molar refractivity (Wildman–Crippen MR) is 82.1 cm³/mol. The lowest BCUT2D eigenvalue weighted by molar-refractivity contribution is 0.583. The summed E-state index contributed by atoms with van der Waals surface area (Å²) >= 11 is 1.57. The summed E-state index contributed by atoms with van der Waals surface area (Å²) in [5.41, 5.74) is 2.04. The Kier molecular flexibility index (Phi) is 5.24. The van der Waals surface area contributed by atoms with Gasteiger partial charge in [-0.25, -0.2) is 18.1 Å². The minimum atomic E-state index is -3.14. The van der Waals surface area contributed by atoms with Gasteiger partial charge in [0.05, 0.1) is 11.4 Å². The molecule has 108 valence electrons. The zero-order valence-corrected chi connectivity index (χ0v) is 12.8. The highest BCUT2D eigenvalue weighted by Gasteiger charge is 2.07. The Hall–Kier alpha value is -1.28. The van der Waals surface area contributed by atoms with Crippen molar-refractivity contribution in [2.45, 2.75) is 6.54 Å². The van der Waals surface area contributed by atoms with E-state index in [2.05, 4.69) is 15.0 Å². The van der Waals surface area contributed by atoms with Crippen LogP contribution in [-0.2, 0) is 16.6 Å². The molecule has 0 aliphatic rings. The van der Waals surface area contributed by atoms with Crippen molar-refractivity contribution in [3.63, 3.8) is 0 Å². The van der Waals surface area contributed by atoms with E-state index in [-0.39, 0.29) is 5.75 Å². The highest BCUT2D eigenvalue weighted by molar-refractivity contribution is 7.89. The van der Waals surface area contributed by atoms with Gasteiger partial charge < -0.3 is 5.32 Å². The van der Waals surface area contributed by atoms with E-state index in [0.29, 0.717) is 13.1 Å². The second-order valence-electron chi connectivity index (χ2n) is 4.19. The molecule has 20 heavy (non-hydrogen) atoms. The fourth-order valence-electron chi connectivity index (χ4n) is 1.64. The third-order valence-electron chi connectivity index (χ3n) is 2.76. The lowest BCUT2D eigenvalue weighted by atomic mass is 10.2. The molecule has 1 aromatic carbocycles. The molecule has 7 heteroatoms. The van der Waals surface area contributed by atoms with Crippen LogP contribution in [0.3, 0.4) is 0 Å². The van der Waals surface area contributed by atoms with Gasteiger partial charge in [0, 0.05) is 24.0 Å². The standard InChI is InChI=1S/C13H17N3O2S2/c1-14-20(17,18)8-7-15-9-13-16-12(10-19-13)11-5-3-2-4-6-11/h2-6,10,14-15H,7-9H2,1H3. The van der Waals surface area contributed by atoms with Crippen molar-refractivity contribution < 1.29 is 8.42 Å². The van der Waals surface area contributed by atoms with Crippen molar-refractivity contribution in [2.24, 2.45) is 0 Å². The van der Waals surface area contributed by atoms with Crippen molar-refractivity contribution in [3.05, 3.63) is 40.7 Å². The normalized spacial score (nSPS) is 11.7. The average Bonchev–Trinajstić information content (AvgIpc) is 2.93. The average molecular weight is 311 g/mol. The van der Waals surface area contributed by atoms with Crippen LogP contribution in [0.5, 0.6) is 0 Å². The van der Waals surface area contributed by atoms with Crippen LogP contribution in [0.4, 0.5) is 0 Å². The molecule has 0 amide bonds. The Morgan fingerprint density at radius 2 is 2.00 bits per heavy atom. The van der Waals surface area contributed by atoms with E-state index in [0.717, 1.165) is 16.3 Å². The molecule has 2 N–H and O–H groups in total. The number of aromatic nitrogens is 1. The highest BCUT2D eigenvalue weighted by atomic mass is 32.2. The Morgan fingerprint density at radius 3 is 2.70 bits per heavy atom. The number of nitrogens with zero attached hydrogens (tertiary/aromatic N) is 1. The summed E-state index contributed by atoms with van der Waals surface area (Å²) < 4.78 is 24.8. The van der Waals surface area contributed by atoms with E-state index >= 15 is 0 Å². The predicted octanol–water partition coefficient (Wildman–Crippen LogP) is 1.45. The molecule has 0 aliphatic heterocycles. The Morgan fingerprint density at radius 1 is 1.25 bits per heavy atom. The van der Waals surface area contributed by atoms with E-state index < -0.39 is 10.0 Å². The van der Waals surface area contributed by atoms with Gasteiger partial charge in [0.15, 0.2) is 0 Å². The molecule has 1 aromatic heterocycles. The molecule has 0 atom stereocenters. The van der Waals surface area contributed by atoms with Gasteiger partial charge in [-0.2, -0.15) is 0 Å². The van der Waals surface area contributed by atoms with Gasteiger partial charge in [-0.05, 0) is 7.05 Å². The number of sulfonamides is 1. The molecule has 0 unspecified atom stereocenters. The Balaban J connectivity index is 1.85. The summed E-state index contributed by atoms with van der Waals surface area (Å²) in [6.45, 7) is 0.986. The van der Waals surface area contributed by atoms with E-state index in [1.807, 2.05) is 35.7 Å². The number of rotatable bonds is 7. The zero-order valence-electron chi connectivity index (χ0n) is 11.2. The highest BCUT2D eigenvalue weighted by Crippen LogP contribution is 2.21. The second kappa shape index (κ2) is 6.94. The lowest BCUT2D eigenvalue weighted by Crippen LogP contribution is -2.29. The van der Waals surface area contributed by atoms with Crippen LogP contribution >= 0.6 is 11.3 Å². The summed E-state index contributed by atoms with van der Waals surface area (Å²) in [6.07, 6.45) is 0. The molecule has 0 bridgehead atoms. The summed E-state index contributed by atoms with van der Waals surface area (Å²) in [6, 6.07) is 9.97. The minimum Gasteiger partial charge on any atom is -0.309 e. The third-order valence-corrected chi connectivity index (χ3v) is 4.97. The smallest absolute Gasteiger partial charge is 0.212 e. The molecule has 2 aromatic rings. The summed E-state index contributed by atoms with van der Waals surface area (Å²) in [4.78, 5) is 4.53. The molecular formula is C13H17N3O2S2. The van der Waals surface area contributed by atoms with Gasteiger partial charge in [-0.3, -0.25) is 0 Å². The molecule has 0 aliphatic carbocycles. The minimum absolute atomic E-state index is 0.0699. The van der Waals surface area contributed by atoms with Gasteiger partial charge in [0.25, 0.3) is 0 Å². The first-order valence-corrected chi connectivity index (χ1v) is 8.76. The van der Waals surface area contributed by atoms with Gasteiger partial charge in [-0.1, -0.05) is 30.3 Å². The molecule has 1 heterocycles. The van der Waals surface area contributed by atoms with Crippen LogP contribution in [-0.4, -0.2) is 32.7 Å². The maximum absolute atomic E-state index is 11.2. The maximum Gasteiger partial charge on any atom is 0.212 e. The quantitative estimate of drug-likeness (QED) is 0.759. The summed E-state index contributed by atoms with van der Waals surface area (Å²) in [5.74, 6) is 0.0699. The van der Waals surface area contributed by atoms with E-state index in [9.17, 15) is 8.42 Å². The molecule has 0 spiro atoms. The van der Waals surface area contributed by atoms with Crippen molar-refractivity contribution >= 4 is 21.4 Å². The monoisotopic (exact) mass is 311 g/mol. The molecule has 0 saturated heterocycles. The molecule has 5 nitrogen and oxygen atoms in total. The van der Waals surface area contributed by atoms with Crippen LogP contribution in [0.25, 0.3) is 11.3 Å². The van der Waals surface area contributed by atoms with Crippen molar-refractivity contribution in [1.29, 1.82) is 0 Å². The van der Waals surface area contributed by atoms with E-state index in [1.165, 1.54) is 7.05 Å². The second-order valence-corrected chi connectivity index (χ2v) is 7.18. The zero-order chi connectivity index (χ0) is 14.4. The largest absolute Gasteiger partial charge is 0.309 e. The number of hydrogen-bond donors (Lipinski definition) is 2. The number of hydrogen-bond acceptors (Lipinski definition) is 5. The van der Waals surface area contributed by atoms with Crippen molar-refractivity contribution in [1.82, 2.24) is 15.0 Å². The van der Waals surface area contributed by atoms with Crippen LogP contribution in [0, 0.1) is 0 Å².